The molecule has 3 nitrogen and oxygen atoms in total. The highest BCUT2D eigenvalue weighted by Gasteiger charge is 2.37. The molecule has 2 atom stereocenters. The number of hydrogen-bond acceptors (Lipinski definition) is 2. The molecule has 0 saturated carbocycles. The third-order valence-corrected chi connectivity index (χ3v) is 13.1. The highest BCUT2D eigenvalue weighted by molar-refractivity contribution is 6.16. The van der Waals surface area contributed by atoms with Crippen LogP contribution in [-0.4, -0.2) is 4.57 Å². The molecule has 0 radical (unpaired) electrons. The van der Waals surface area contributed by atoms with Gasteiger partial charge in [-0.25, -0.2) is 0 Å². The Morgan fingerprint density at radius 2 is 1.16 bits per heavy atom. The van der Waals surface area contributed by atoms with Crippen LogP contribution in [0.25, 0.3) is 77.7 Å². The van der Waals surface area contributed by atoms with E-state index in [0.29, 0.717) is 0 Å². The minimum Gasteiger partial charge on any atom is -0.312 e. The average Bonchev–Trinajstić information content (AvgIpc) is 3.78. The lowest BCUT2D eigenvalue weighted by atomic mass is 9.81. The number of nitrogens with one attached hydrogen (secondary N) is 1. The molecule has 1 aliphatic rings. The standard InChI is InChI=1S/C59H47N3/c1-59(2)51-28-15-26-45(56(51)50-37-42-19-9-10-20-43(42)38-52(50)59)40-34-31-39(32-35-40)33-36-53(61-58(60)41-17-5-3-6-18-41)47-24-12-11-23-46(47)48-27-16-30-55-57(48)49-25-13-14-29-54(49)62(55)44-21-7-4-8-22-44/h3-38,53,58,61H,60H2,1-2H3/b36-33+. The molecule has 1 aliphatic carbocycles. The molecule has 298 valence electrons. The highest BCUT2D eigenvalue weighted by Crippen LogP contribution is 2.53. The molecule has 3 N–H and O–H groups in total. The summed E-state index contributed by atoms with van der Waals surface area (Å²) in [5, 5.41) is 8.85. The fraction of sp³-hybridized carbons (Fsp3) is 0.0847. The molecule has 0 spiro atoms. The molecule has 3 heteroatoms. The third kappa shape index (κ3) is 6.37. The predicted molar refractivity (Wildman–Crippen MR) is 261 cm³/mol. The topological polar surface area (TPSA) is 43.0 Å². The number of nitrogens with zero attached hydrogens (tertiary/aromatic N) is 1. The van der Waals surface area contributed by atoms with Crippen molar-refractivity contribution < 1.29 is 0 Å². The van der Waals surface area contributed by atoms with Gasteiger partial charge in [-0.05, 0) is 108 Å². The number of benzene rings is 9. The zero-order valence-electron chi connectivity index (χ0n) is 35.0. The van der Waals surface area contributed by atoms with Gasteiger partial charge in [-0.2, -0.15) is 0 Å². The Bertz CT molecular complexity index is 3300. The maximum atomic E-state index is 6.99. The number of para-hydroxylation sites is 2. The first-order valence-electron chi connectivity index (χ1n) is 21.6. The first-order valence-corrected chi connectivity index (χ1v) is 21.6. The zero-order valence-corrected chi connectivity index (χ0v) is 35.0. The summed E-state index contributed by atoms with van der Waals surface area (Å²) >= 11 is 0. The van der Waals surface area contributed by atoms with Gasteiger partial charge in [0, 0.05) is 21.9 Å². The summed E-state index contributed by atoms with van der Waals surface area (Å²) in [7, 11) is 0. The van der Waals surface area contributed by atoms with Gasteiger partial charge >= 0.3 is 0 Å². The minimum absolute atomic E-state index is 0.0865. The Morgan fingerprint density at radius 1 is 0.532 bits per heavy atom. The lowest BCUT2D eigenvalue weighted by molar-refractivity contribution is 0.510. The van der Waals surface area contributed by atoms with Crippen molar-refractivity contribution in [2.75, 3.05) is 0 Å². The van der Waals surface area contributed by atoms with Crippen molar-refractivity contribution in [3.05, 3.63) is 240 Å². The van der Waals surface area contributed by atoms with E-state index in [1.807, 2.05) is 18.2 Å². The molecular formula is C59H47N3. The molecule has 2 unspecified atom stereocenters. The van der Waals surface area contributed by atoms with Crippen LogP contribution in [-0.2, 0) is 5.41 Å². The fourth-order valence-corrected chi connectivity index (χ4v) is 10.0. The number of fused-ring (bicyclic) bond motifs is 7. The van der Waals surface area contributed by atoms with Crippen LogP contribution >= 0.6 is 0 Å². The second-order valence-electron chi connectivity index (χ2n) is 17.1. The van der Waals surface area contributed by atoms with Gasteiger partial charge in [-0.15, -0.1) is 0 Å². The largest absolute Gasteiger partial charge is 0.312 e. The van der Waals surface area contributed by atoms with Gasteiger partial charge in [0.15, 0.2) is 0 Å². The maximum Gasteiger partial charge on any atom is 0.0817 e. The third-order valence-electron chi connectivity index (χ3n) is 13.1. The molecule has 0 bridgehead atoms. The van der Waals surface area contributed by atoms with Gasteiger partial charge in [-0.3, -0.25) is 5.32 Å². The van der Waals surface area contributed by atoms with E-state index in [9.17, 15) is 0 Å². The maximum absolute atomic E-state index is 6.99. The molecule has 10 aromatic rings. The summed E-state index contributed by atoms with van der Waals surface area (Å²) < 4.78 is 2.38. The van der Waals surface area contributed by atoms with Crippen LogP contribution in [0.1, 0.15) is 53.9 Å². The summed E-state index contributed by atoms with van der Waals surface area (Å²) in [4.78, 5) is 0. The van der Waals surface area contributed by atoms with E-state index < -0.39 is 0 Å². The van der Waals surface area contributed by atoms with Gasteiger partial charge in [0.05, 0.1) is 23.2 Å². The summed E-state index contributed by atoms with van der Waals surface area (Å²) in [6.07, 6.45) is 4.12. The van der Waals surface area contributed by atoms with Crippen LogP contribution in [0.4, 0.5) is 0 Å². The summed E-state index contributed by atoms with van der Waals surface area (Å²) in [6, 6.07) is 74.3. The Balaban J connectivity index is 0.994. The van der Waals surface area contributed by atoms with Crippen LogP contribution in [0.2, 0.25) is 0 Å². The van der Waals surface area contributed by atoms with Crippen molar-refractivity contribution >= 4 is 38.7 Å². The smallest absolute Gasteiger partial charge is 0.0817 e. The fourth-order valence-electron chi connectivity index (χ4n) is 10.0. The summed E-state index contributed by atoms with van der Waals surface area (Å²) in [5.41, 5.74) is 24.0. The minimum atomic E-state index is -0.388. The Morgan fingerprint density at radius 3 is 1.97 bits per heavy atom. The van der Waals surface area contributed by atoms with E-state index in [0.717, 1.165) is 22.4 Å². The van der Waals surface area contributed by atoms with Crippen LogP contribution in [0.3, 0.4) is 0 Å². The highest BCUT2D eigenvalue weighted by atomic mass is 15.0. The van der Waals surface area contributed by atoms with E-state index in [1.165, 1.54) is 77.1 Å². The number of rotatable bonds is 9. The zero-order chi connectivity index (χ0) is 41.8. The summed E-state index contributed by atoms with van der Waals surface area (Å²) in [5.74, 6) is 0. The van der Waals surface area contributed by atoms with E-state index in [-0.39, 0.29) is 17.6 Å². The SMILES string of the molecule is CC1(C)c2cc3ccccc3cc2-c2c(-c3ccc(/C=C/C(NC(N)c4ccccc4)c4ccccc4-c4cccc5c4c4ccccc4n5-c4ccccc4)cc3)cccc21. The van der Waals surface area contributed by atoms with Gasteiger partial charge in [0.2, 0.25) is 0 Å². The van der Waals surface area contributed by atoms with Gasteiger partial charge in [0.1, 0.15) is 0 Å². The van der Waals surface area contributed by atoms with Gasteiger partial charge in [-0.1, -0.05) is 196 Å². The van der Waals surface area contributed by atoms with Crippen LogP contribution in [0.5, 0.6) is 0 Å². The van der Waals surface area contributed by atoms with E-state index in [4.69, 9.17) is 5.73 Å². The molecule has 0 saturated heterocycles. The monoisotopic (exact) mass is 797 g/mol. The lowest BCUT2D eigenvalue weighted by Gasteiger charge is -2.24. The Hall–Kier alpha value is -7.30. The van der Waals surface area contributed by atoms with Gasteiger partial charge in [0.25, 0.3) is 0 Å². The molecule has 0 fully saturated rings. The molecule has 9 aromatic carbocycles. The molecule has 1 aromatic heterocycles. The van der Waals surface area contributed by atoms with Crippen LogP contribution in [0, 0.1) is 0 Å². The Kier molecular flexibility index (Phi) is 9.30. The predicted octanol–water partition coefficient (Wildman–Crippen LogP) is 14.6. The van der Waals surface area contributed by atoms with Crippen LogP contribution in [0.15, 0.2) is 212 Å². The van der Waals surface area contributed by atoms with Crippen molar-refractivity contribution in [1.29, 1.82) is 0 Å². The first-order chi connectivity index (χ1) is 30.4. The van der Waals surface area contributed by atoms with Crippen molar-refractivity contribution in [3.8, 4) is 39.1 Å². The van der Waals surface area contributed by atoms with Crippen molar-refractivity contribution in [2.24, 2.45) is 5.73 Å². The molecular weight excluding hydrogens is 751 g/mol. The van der Waals surface area contributed by atoms with E-state index >= 15 is 0 Å². The normalized spacial score (nSPS) is 14.0. The van der Waals surface area contributed by atoms with Gasteiger partial charge < -0.3 is 10.3 Å². The van der Waals surface area contributed by atoms with Crippen molar-refractivity contribution in [2.45, 2.75) is 31.5 Å². The second kappa shape index (κ2) is 15.3. The molecule has 1 heterocycles. The number of aromatic nitrogens is 1. The molecule has 62 heavy (non-hydrogen) atoms. The van der Waals surface area contributed by atoms with E-state index in [2.05, 4.69) is 224 Å². The van der Waals surface area contributed by atoms with Crippen LogP contribution < -0.4 is 11.1 Å². The average molecular weight is 798 g/mol. The Labute approximate surface area is 363 Å². The number of hydrogen-bond donors (Lipinski definition) is 2. The molecule has 0 aliphatic heterocycles. The lowest BCUT2D eigenvalue weighted by Crippen LogP contribution is -2.31. The second-order valence-corrected chi connectivity index (χ2v) is 17.1. The molecule has 0 amide bonds. The number of nitrogens with two attached hydrogens (primary N) is 1. The van der Waals surface area contributed by atoms with E-state index in [1.54, 1.807) is 0 Å². The van der Waals surface area contributed by atoms with Crippen molar-refractivity contribution in [3.63, 3.8) is 0 Å². The van der Waals surface area contributed by atoms with Crippen molar-refractivity contribution in [1.82, 2.24) is 9.88 Å². The quantitative estimate of drug-likeness (QED) is 0.143. The molecule has 11 rings (SSSR count). The summed E-state index contributed by atoms with van der Waals surface area (Å²) in [6.45, 7) is 4.72. The first kappa shape index (κ1) is 37.7.